The highest BCUT2D eigenvalue weighted by Gasteiger charge is 2.34. The number of aliphatic hydroxyl groups excluding tert-OH is 1. The normalized spacial score (nSPS) is 25.9. The average Bonchev–Trinajstić information content (AvgIpc) is 2.80. The van der Waals surface area contributed by atoms with Gasteiger partial charge in [-0.3, -0.25) is 4.79 Å². The van der Waals surface area contributed by atoms with Crippen molar-refractivity contribution in [2.45, 2.75) is 31.5 Å². The summed E-state index contributed by atoms with van der Waals surface area (Å²) in [6, 6.07) is 5.41. The fourth-order valence-corrected chi connectivity index (χ4v) is 2.91. The Kier molecular flexibility index (Phi) is 3.37. The molecule has 1 saturated heterocycles. The molecule has 1 fully saturated rings. The molecular weight excluding hydrogens is 266 g/mol. The van der Waals surface area contributed by atoms with Crippen LogP contribution < -0.4 is 4.74 Å². The summed E-state index contributed by atoms with van der Waals surface area (Å²) in [7, 11) is 0. The second-order valence-electron chi connectivity index (χ2n) is 5.14. The average molecular weight is 282 g/mol. The van der Waals surface area contributed by atoms with Crippen molar-refractivity contribution in [1.29, 1.82) is 0 Å². The van der Waals surface area contributed by atoms with Gasteiger partial charge in [-0.1, -0.05) is 11.6 Å². The molecule has 1 amide bonds. The van der Waals surface area contributed by atoms with E-state index >= 15 is 0 Å². The van der Waals surface area contributed by atoms with Gasteiger partial charge in [0.05, 0.1) is 6.10 Å². The molecule has 2 aliphatic rings. The van der Waals surface area contributed by atoms with E-state index in [1.54, 1.807) is 17.0 Å². The third kappa shape index (κ3) is 2.55. The van der Waals surface area contributed by atoms with Crippen LogP contribution in [0.1, 0.15) is 18.4 Å². The topological polar surface area (TPSA) is 49.8 Å². The van der Waals surface area contributed by atoms with Crippen LogP contribution in [0.2, 0.25) is 5.02 Å². The molecule has 4 nitrogen and oxygen atoms in total. The molecule has 0 radical (unpaired) electrons. The molecule has 1 aromatic carbocycles. The number of β-amino-alcohol motifs (C(OH)–C–C–N with tert-alkyl or cyclic N) is 1. The van der Waals surface area contributed by atoms with Gasteiger partial charge in [-0.2, -0.15) is 0 Å². The number of amides is 1. The minimum atomic E-state index is -0.473. The van der Waals surface area contributed by atoms with Crippen LogP contribution in [0.3, 0.4) is 0 Å². The Morgan fingerprint density at radius 3 is 3.11 bits per heavy atom. The van der Waals surface area contributed by atoms with Crippen molar-refractivity contribution in [1.82, 2.24) is 4.90 Å². The van der Waals surface area contributed by atoms with Crippen molar-refractivity contribution in [2.75, 3.05) is 13.1 Å². The number of halogens is 1. The van der Waals surface area contributed by atoms with E-state index in [1.807, 2.05) is 6.07 Å². The summed E-state index contributed by atoms with van der Waals surface area (Å²) in [4.78, 5) is 14.1. The first-order valence-corrected chi connectivity index (χ1v) is 6.93. The summed E-state index contributed by atoms with van der Waals surface area (Å²) < 4.78 is 5.68. The number of benzene rings is 1. The molecule has 102 valence electrons. The molecule has 0 bridgehead atoms. The van der Waals surface area contributed by atoms with Crippen molar-refractivity contribution in [2.24, 2.45) is 0 Å². The van der Waals surface area contributed by atoms with Crippen molar-refractivity contribution in [3.63, 3.8) is 0 Å². The fourth-order valence-electron chi connectivity index (χ4n) is 2.71. The Labute approximate surface area is 116 Å². The maximum absolute atomic E-state index is 12.4. The summed E-state index contributed by atoms with van der Waals surface area (Å²) in [6.45, 7) is 1.11. The van der Waals surface area contributed by atoms with Crippen LogP contribution >= 0.6 is 11.6 Å². The number of carbonyl (C=O) groups is 1. The minimum absolute atomic E-state index is 0.0360. The molecule has 2 heterocycles. The first kappa shape index (κ1) is 12.8. The fraction of sp³-hybridized carbons (Fsp3) is 0.500. The van der Waals surface area contributed by atoms with Gasteiger partial charge in [-0.15, -0.1) is 0 Å². The molecule has 5 heteroatoms. The highest BCUT2D eigenvalue weighted by atomic mass is 35.5. The molecule has 0 aliphatic carbocycles. The van der Waals surface area contributed by atoms with Gasteiger partial charge >= 0.3 is 0 Å². The van der Waals surface area contributed by atoms with E-state index in [1.165, 1.54) is 0 Å². The van der Waals surface area contributed by atoms with E-state index in [9.17, 15) is 9.90 Å². The van der Waals surface area contributed by atoms with Gasteiger partial charge in [0.2, 0.25) is 0 Å². The van der Waals surface area contributed by atoms with Crippen molar-refractivity contribution < 1.29 is 14.6 Å². The number of fused-ring (bicyclic) bond motifs is 1. The SMILES string of the molecule is O=C(C1Cc2cc(Cl)ccc2O1)N1CCC[C@H](O)C1. The molecule has 0 spiro atoms. The maximum atomic E-state index is 12.4. The lowest BCUT2D eigenvalue weighted by molar-refractivity contribution is -0.141. The zero-order chi connectivity index (χ0) is 13.4. The van der Waals surface area contributed by atoms with Crippen LogP contribution in [0, 0.1) is 0 Å². The van der Waals surface area contributed by atoms with Gasteiger partial charge in [-0.25, -0.2) is 0 Å². The number of rotatable bonds is 1. The van der Waals surface area contributed by atoms with E-state index < -0.39 is 12.2 Å². The highest BCUT2D eigenvalue weighted by Crippen LogP contribution is 2.32. The van der Waals surface area contributed by atoms with Crippen molar-refractivity contribution in [3.05, 3.63) is 28.8 Å². The molecule has 1 N–H and O–H groups in total. The third-order valence-electron chi connectivity index (χ3n) is 3.68. The van der Waals surface area contributed by atoms with Gasteiger partial charge in [-0.05, 0) is 36.6 Å². The van der Waals surface area contributed by atoms with Crippen LogP contribution in [0.15, 0.2) is 18.2 Å². The van der Waals surface area contributed by atoms with Gasteiger partial charge in [0.15, 0.2) is 6.10 Å². The molecular formula is C14H16ClNO3. The number of piperidine rings is 1. The third-order valence-corrected chi connectivity index (χ3v) is 3.92. The van der Waals surface area contributed by atoms with Crippen LogP contribution in [-0.2, 0) is 11.2 Å². The predicted molar refractivity (Wildman–Crippen MR) is 71.4 cm³/mol. The monoisotopic (exact) mass is 281 g/mol. The quantitative estimate of drug-likeness (QED) is 0.851. The van der Waals surface area contributed by atoms with E-state index in [2.05, 4.69) is 0 Å². The molecule has 3 rings (SSSR count). The first-order valence-electron chi connectivity index (χ1n) is 6.55. The van der Waals surface area contributed by atoms with E-state index in [0.717, 1.165) is 24.2 Å². The smallest absolute Gasteiger partial charge is 0.264 e. The largest absolute Gasteiger partial charge is 0.480 e. The van der Waals surface area contributed by atoms with Crippen molar-refractivity contribution in [3.8, 4) is 5.75 Å². The maximum Gasteiger partial charge on any atom is 0.264 e. The van der Waals surface area contributed by atoms with E-state index in [-0.39, 0.29) is 5.91 Å². The van der Waals surface area contributed by atoms with Crippen LogP contribution in [0.4, 0.5) is 0 Å². The Balaban J connectivity index is 1.70. The Hall–Kier alpha value is -1.26. The second-order valence-corrected chi connectivity index (χ2v) is 5.58. The van der Waals surface area contributed by atoms with Crippen LogP contribution in [0.25, 0.3) is 0 Å². The standard InChI is InChI=1S/C14H16ClNO3/c15-10-3-4-12-9(6-10)7-13(19-12)14(18)16-5-1-2-11(17)8-16/h3-4,6,11,13,17H,1-2,5,7-8H2/t11-,13?/m0/s1. The van der Waals surface area contributed by atoms with Crippen LogP contribution in [-0.4, -0.2) is 41.2 Å². The van der Waals surface area contributed by atoms with Crippen molar-refractivity contribution >= 4 is 17.5 Å². The molecule has 1 unspecified atom stereocenters. The summed E-state index contributed by atoms with van der Waals surface area (Å²) in [6.07, 6.45) is 1.29. The number of likely N-dealkylation sites (tertiary alicyclic amines) is 1. The van der Waals surface area contributed by atoms with E-state index in [0.29, 0.717) is 24.5 Å². The van der Waals surface area contributed by atoms with E-state index in [4.69, 9.17) is 16.3 Å². The molecule has 19 heavy (non-hydrogen) atoms. The van der Waals surface area contributed by atoms with Gasteiger partial charge in [0.1, 0.15) is 5.75 Å². The van der Waals surface area contributed by atoms with Crippen LogP contribution in [0.5, 0.6) is 5.75 Å². The Morgan fingerprint density at radius 2 is 2.32 bits per heavy atom. The molecule has 2 aliphatic heterocycles. The Bertz CT molecular complexity index is 505. The number of carbonyl (C=O) groups excluding carboxylic acids is 1. The lowest BCUT2D eigenvalue weighted by Gasteiger charge is -2.31. The zero-order valence-electron chi connectivity index (χ0n) is 10.5. The number of aliphatic hydroxyl groups is 1. The number of hydrogen-bond acceptors (Lipinski definition) is 3. The van der Waals surface area contributed by atoms with Gasteiger partial charge in [0.25, 0.3) is 5.91 Å². The lowest BCUT2D eigenvalue weighted by atomic mass is 10.1. The zero-order valence-corrected chi connectivity index (χ0v) is 11.3. The van der Waals surface area contributed by atoms with Gasteiger partial charge in [0, 0.05) is 24.5 Å². The predicted octanol–water partition coefficient (Wildman–Crippen LogP) is 1.63. The molecule has 0 aromatic heterocycles. The number of ether oxygens (including phenoxy) is 1. The highest BCUT2D eigenvalue weighted by molar-refractivity contribution is 6.30. The van der Waals surface area contributed by atoms with Gasteiger partial charge < -0.3 is 14.7 Å². The second kappa shape index (κ2) is 5.02. The summed E-state index contributed by atoms with van der Waals surface area (Å²) >= 11 is 5.93. The number of nitrogens with zero attached hydrogens (tertiary/aromatic N) is 1. The molecule has 1 aromatic rings. The lowest BCUT2D eigenvalue weighted by Crippen LogP contribution is -2.47. The molecule has 0 saturated carbocycles. The minimum Gasteiger partial charge on any atom is -0.480 e. The Morgan fingerprint density at radius 1 is 1.47 bits per heavy atom. The summed E-state index contributed by atoms with van der Waals surface area (Å²) in [5.41, 5.74) is 0.975. The first-order chi connectivity index (χ1) is 9.13. The summed E-state index contributed by atoms with van der Waals surface area (Å²) in [5.74, 6) is 0.700. The molecule has 2 atom stereocenters. The number of hydrogen-bond donors (Lipinski definition) is 1. The summed E-state index contributed by atoms with van der Waals surface area (Å²) in [5, 5.41) is 10.3.